The van der Waals surface area contributed by atoms with Crippen molar-refractivity contribution in [3.05, 3.63) is 78.8 Å². The van der Waals surface area contributed by atoms with Crippen LogP contribution in [0.1, 0.15) is 5.56 Å². The standard InChI is InChI=1S/C19H16BN3O3/c24-19-18-17(10-11-21-19)23(13-22-18)12-14-6-8-16(9-7-14)26-20(25)15-4-2-1-3-5-15/h1-11,13,25H,12H2,(H,21,24). The van der Waals surface area contributed by atoms with E-state index in [9.17, 15) is 10.1 Å². The Balaban J connectivity index is 1.48. The van der Waals surface area contributed by atoms with E-state index in [4.69, 9.17) is 4.65 Å². The molecule has 4 aromatic rings. The maximum atomic E-state index is 10.1. The van der Waals surface area contributed by atoms with E-state index < -0.39 is 7.12 Å². The lowest BCUT2D eigenvalue weighted by atomic mass is 9.79. The summed E-state index contributed by atoms with van der Waals surface area (Å²) in [7, 11) is -1.00. The number of fused-ring (bicyclic) bond motifs is 1. The summed E-state index contributed by atoms with van der Waals surface area (Å²) in [6.07, 6.45) is 3.23. The zero-order valence-corrected chi connectivity index (χ0v) is 13.9. The van der Waals surface area contributed by atoms with Gasteiger partial charge in [0.15, 0.2) is 5.52 Å². The number of rotatable bonds is 5. The van der Waals surface area contributed by atoms with Crippen molar-refractivity contribution in [1.82, 2.24) is 14.5 Å². The van der Waals surface area contributed by atoms with Gasteiger partial charge in [-0.1, -0.05) is 42.5 Å². The molecule has 2 N–H and O–H groups in total. The van der Waals surface area contributed by atoms with E-state index in [0.717, 1.165) is 11.1 Å². The molecule has 0 aliphatic heterocycles. The van der Waals surface area contributed by atoms with Crippen molar-refractivity contribution >= 4 is 23.6 Å². The topological polar surface area (TPSA) is 80.4 Å². The smallest absolute Gasteiger partial charge is 0.532 e. The largest absolute Gasteiger partial charge is 0.560 e. The van der Waals surface area contributed by atoms with Gasteiger partial charge in [-0.15, -0.1) is 0 Å². The molecule has 0 atom stereocenters. The Morgan fingerprint density at radius 2 is 1.73 bits per heavy atom. The molecule has 7 heteroatoms. The molecule has 0 aliphatic carbocycles. The maximum Gasteiger partial charge on any atom is 0.560 e. The van der Waals surface area contributed by atoms with Gasteiger partial charge in [0.05, 0.1) is 11.8 Å². The second-order valence-corrected chi connectivity index (χ2v) is 5.90. The average molecular weight is 345 g/mol. The summed E-state index contributed by atoms with van der Waals surface area (Å²) in [5, 5.41) is 19.9. The Morgan fingerprint density at radius 1 is 0.962 bits per heavy atom. The van der Waals surface area contributed by atoms with Crippen LogP contribution in [0.15, 0.2) is 73.2 Å². The molecule has 2 aromatic carbocycles. The first-order chi connectivity index (χ1) is 12.7. The molecule has 2 aromatic heterocycles. The van der Waals surface area contributed by atoms with Crippen LogP contribution >= 0.6 is 0 Å². The fraction of sp³-hybridized carbons (Fsp3) is 0.0526. The summed E-state index contributed by atoms with van der Waals surface area (Å²) in [5.74, 6) is 0.516. The third kappa shape index (κ3) is 3.25. The highest BCUT2D eigenvalue weighted by molar-refractivity contribution is 6.60. The summed E-state index contributed by atoms with van der Waals surface area (Å²) < 4.78 is 7.51. The molecule has 2 heterocycles. The van der Waals surface area contributed by atoms with E-state index in [-0.39, 0.29) is 5.88 Å². The van der Waals surface area contributed by atoms with E-state index in [0.29, 0.717) is 23.3 Å². The van der Waals surface area contributed by atoms with Gasteiger partial charge in [0.2, 0.25) is 5.88 Å². The van der Waals surface area contributed by atoms with Gasteiger partial charge in [0, 0.05) is 12.7 Å². The van der Waals surface area contributed by atoms with Crippen LogP contribution in [0.3, 0.4) is 0 Å². The monoisotopic (exact) mass is 345 g/mol. The zero-order valence-electron chi connectivity index (χ0n) is 13.9. The van der Waals surface area contributed by atoms with Gasteiger partial charge in [0.1, 0.15) is 5.75 Å². The lowest BCUT2D eigenvalue weighted by Gasteiger charge is -2.11. The van der Waals surface area contributed by atoms with E-state index in [1.54, 1.807) is 12.5 Å². The Kier molecular flexibility index (Phi) is 4.29. The maximum absolute atomic E-state index is 10.1. The zero-order chi connectivity index (χ0) is 17.9. The molecule has 0 bridgehead atoms. The summed E-state index contributed by atoms with van der Waals surface area (Å²) in [6, 6.07) is 18.5. The van der Waals surface area contributed by atoms with Gasteiger partial charge in [-0.25, -0.2) is 9.97 Å². The van der Waals surface area contributed by atoms with Crippen LogP contribution in [0.2, 0.25) is 0 Å². The fourth-order valence-electron chi connectivity index (χ4n) is 2.79. The third-order valence-corrected chi connectivity index (χ3v) is 4.13. The molecule has 128 valence electrons. The summed E-state index contributed by atoms with van der Waals surface area (Å²) in [6.45, 7) is 0.599. The summed E-state index contributed by atoms with van der Waals surface area (Å²) >= 11 is 0. The highest BCUT2D eigenvalue weighted by Gasteiger charge is 2.18. The van der Waals surface area contributed by atoms with Gasteiger partial charge in [-0.2, -0.15) is 0 Å². The van der Waals surface area contributed by atoms with Crippen molar-refractivity contribution < 1.29 is 14.8 Å². The first kappa shape index (κ1) is 16.2. The van der Waals surface area contributed by atoms with Crippen LogP contribution in [-0.2, 0) is 6.54 Å². The SMILES string of the molecule is OB(Oc1ccc(Cn2cnc3c(O)nccc32)cc1)c1ccccc1. The second-order valence-electron chi connectivity index (χ2n) is 5.90. The van der Waals surface area contributed by atoms with E-state index in [2.05, 4.69) is 9.97 Å². The number of pyridine rings is 1. The Hall–Kier alpha value is -3.32. The van der Waals surface area contributed by atoms with Crippen LogP contribution in [0.5, 0.6) is 11.6 Å². The second kappa shape index (κ2) is 6.89. The van der Waals surface area contributed by atoms with Crippen molar-refractivity contribution in [2.45, 2.75) is 6.54 Å². The predicted molar refractivity (Wildman–Crippen MR) is 99.4 cm³/mol. The third-order valence-electron chi connectivity index (χ3n) is 4.13. The van der Waals surface area contributed by atoms with E-state index in [1.807, 2.05) is 65.2 Å². The van der Waals surface area contributed by atoms with Gasteiger partial charge in [-0.3, -0.25) is 0 Å². The number of nitrogens with zero attached hydrogens (tertiary/aromatic N) is 3. The minimum absolute atomic E-state index is 0.0695. The van der Waals surface area contributed by atoms with Crippen LogP contribution in [0.25, 0.3) is 11.0 Å². The Labute approximate surface area is 150 Å². The molecule has 4 rings (SSSR count). The Bertz CT molecular complexity index is 1020. The first-order valence-electron chi connectivity index (χ1n) is 8.18. The molecule has 26 heavy (non-hydrogen) atoms. The highest BCUT2D eigenvalue weighted by atomic mass is 16.5. The van der Waals surface area contributed by atoms with Gasteiger partial charge >= 0.3 is 7.12 Å². The van der Waals surface area contributed by atoms with Gasteiger partial charge < -0.3 is 19.4 Å². The number of aromatic hydroxyl groups is 1. The summed E-state index contributed by atoms with van der Waals surface area (Å²) in [4.78, 5) is 8.03. The van der Waals surface area contributed by atoms with E-state index >= 15 is 0 Å². The molecule has 6 nitrogen and oxygen atoms in total. The lowest BCUT2D eigenvalue weighted by Crippen LogP contribution is -2.36. The molecule has 0 saturated carbocycles. The van der Waals surface area contributed by atoms with Crippen molar-refractivity contribution in [1.29, 1.82) is 0 Å². The predicted octanol–water partition coefficient (Wildman–Crippen LogP) is 1.95. The molecular weight excluding hydrogens is 329 g/mol. The Morgan fingerprint density at radius 3 is 2.50 bits per heavy atom. The molecule has 0 fully saturated rings. The molecule has 0 saturated heterocycles. The minimum atomic E-state index is -1.00. The van der Waals surface area contributed by atoms with Crippen LogP contribution < -0.4 is 10.1 Å². The van der Waals surface area contributed by atoms with Crippen molar-refractivity contribution in [3.63, 3.8) is 0 Å². The molecule has 0 radical (unpaired) electrons. The number of imidazole rings is 1. The molecule has 0 aliphatic rings. The lowest BCUT2D eigenvalue weighted by molar-refractivity contribution is 0.432. The van der Waals surface area contributed by atoms with Gasteiger partial charge in [-0.05, 0) is 29.2 Å². The van der Waals surface area contributed by atoms with Crippen LogP contribution in [-0.4, -0.2) is 31.8 Å². The number of aromatic nitrogens is 3. The molecular formula is C19H16BN3O3. The molecule has 0 unspecified atom stereocenters. The quantitative estimate of drug-likeness (QED) is 0.541. The van der Waals surface area contributed by atoms with Gasteiger partial charge in [0.25, 0.3) is 0 Å². The van der Waals surface area contributed by atoms with Crippen molar-refractivity contribution in [2.75, 3.05) is 0 Å². The molecule has 0 spiro atoms. The number of hydrogen-bond acceptors (Lipinski definition) is 5. The first-order valence-corrected chi connectivity index (χ1v) is 8.18. The summed E-state index contributed by atoms with van der Waals surface area (Å²) in [5.41, 5.74) is 3.05. The molecule has 0 amide bonds. The van der Waals surface area contributed by atoms with E-state index in [1.165, 1.54) is 0 Å². The number of hydrogen-bond donors (Lipinski definition) is 2. The van der Waals surface area contributed by atoms with Crippen LogP contribution in [0, 0.1) is 0 Å². The minimum Gasteiger partial charge on any atom is -0.532 e. The average Bonchev–Trinajstić information content (AvgIpc) is 3.08. The fourth-order valence-corrected chi connectivity index (χ4v) is 2.79. The number of benzene rings is 2. The van der Waals surface area contributed by atoms with Crippen LogP contribution in [0.4, 0.5) is 0 Å². The van der Waals surface area contributed by atoms with Crippen molar-refractivity contribution in [2.24, 2.45) is 0 Å². The highest BCUT2D eigenvalue weighted by Crippen LogP contribution is 2.21. The van der Waals surface area contributed by atoms with Crippen molar-refractivity contribution in [3.8, 4) is 11.6 Å². The normalized spacial score (nSPS) is 10.8.